The highest BCUT2D eigenvalue weighted by molar-refractivity contribution is 5.38. The Bertz CT molecular complexity index is 578. The van der Waals surface area contributed by atoms with Crippen LogP contribution >= 0.6 is 0 Å². The molecule has 3 rings (SSSR count). The van der Waals surface area contributed by atoms with Crippen molar-refractivity contribution in [2.75, 3.05) is 0 Å². The third-order valence-electron chi connectivity index (χ3n) is 4.28. The van der Waals surface area contributed by atoms with Crippen LogP contribution in [0.25, 0.3) is 0 Å². The van der Waals surface area contributed by atoms with E-state index in [1.54, 1.807) is 6.20 Å². The summed E-state index contributed by atoms with van der Waals surface area (Å²) in [4.78, 5) is 0. The van der Waals surface area contributed by atoms with E-state index in [1.165, 1.54) is 24.0 Å². The molecular formula is C17H21N3. The van der Waals surface area contributed by atoms with Crippen LogP contribution in [0.4, 0.5) is 0 Å². The number of nitrogens with one attached hydrogen (secondary N) is 1. The maximum atomic E-state index is 4.14. The molecule has 0 aliphatic heterocycles. The molecule has 20 heavy (non-hydrogen) atoms. The summed E-state index contributed by atoms with van der Waals surface area (Å²) in [6.07, 6.45) is 4.09. The molecule has 1 unspecified atom stereocenters. The second-order valence-electron chi connectivity index (χ2n) is 6.16. The Balaban J connectivity index is 1.79. The van der Waals surface area contributed by atoms with Crippen LogP contribution in [-0.4, -0.2) is 10.2 Å². The molecule has 0 spiro atoms. The monoisotopic (exact) mass is 267 g/mol. The SMILES string of the molecule is CC1(C)CCC(NCc2cccnn2)c2ccccc21. The van der Waals surface area contributed by atoms with Gasteiger partial charge in [0.25, 0.3) is 0 Å². The van der Waals surface area contributed by atoms with Gasteiger partial charge in [-0.15, -0.1) is 0 Å². The normalized spacial score (nSPS) is 20.4. The van der Waals surface area contributed by atoms with Gasteiger partial charge < -0.3 is 5.32 Å². The minimum Gasteiger partial charge on any atom is -0.304 e. The average Bonchev–Trinajstić information content (AvgIpc) is 2.48. The van der Waals surface area contributed by atoms with Gasteiger partial charge in [0, 0.05) is 18.8 Å². The number of nitrogens with zero attached hydrogens (tertiary/aromatic N) is 2. The van der Waals surface area contributed by atoms with Crippen molar-refractivity contribution in [1.29, 1.82) is 0 Å². The van der Waals surface area contributed by atoms with Gasteiger partial charge in [-0.05, 0) is 41.5 Å². The molecule has 1 N–H and O–H groups in total. The summed E-state index contributed by atoms with van der Waals surface area (Å²) in [6.45, 7) is 5.45. The van der Waals surface area contributed by atoms with Crippen LogP contribution < -0.4 is 5.32 Å². The van der Waals surface area contributed by atoms with Crippen molar-refractivity contribution in [3.05, 3.63) is 59.4 Å². The minimum absolute atomic E-state index is 0.279. The summed E-state index contributed by atoms with van der Waals surface area (Å²) in [7, 11) is 0. The fraction of sp³-hybridized carbons (Fsp3) is 0.412. The smallest absolute Gasteiger partial charge is 0.0769 e. The fourth-order valence-electron chi connectivity index (χ4n) is 3.08. The third kappa shape index (κ3) is 2.59. The molecule has 0 amide bonds. The third-order valence-corrected chi connectivity index (χ3v) is 4.28. The maximum Gasteiger partial charge on any atom is 0.0769 e. The summed E-state index contributed by atoms with van der Waals surface area (Å²) in [5, 5.41) is 11.7. The van der Waals surface area contributed by atoms with Gasteiger partial charge >= 0.3 is 0 Å². The van der Waals surface area contributed by atoms with E-state index < -0.39 is 0 Å². The number of hydrogen-bond donors (Lipinski definition) is 1. The molecule has 2 aromatic rings. The molecule has 3 heteroatoms. The van der Waals surface area contributed by atoms with Gasteiger partial charge in [-0.2, -0.15) is 10.2 Å². The Morgan fingerprint density at radius 3 is 2.85 bits per heavy atom. The lowest BCUT2D eigenvalue weighted by molar-refractivity contribution is 0.356. The first-order chi connectivity index (χ1) is 9.67. The van der Waals surface area contributed by atoms with E-state index in [4.69, 9.17) is 0 Å². The number of rotatable bonds is 3. The zero-order valence-corrected chi connectivity index (χ0v) is 12.1. The highest BCUT2D eigenvalue weighted by Crippen LogP contribution is 2.41. The summed E-state index contributed by atoms with van der Waals surface area (Å²) in [5.41, 5.74) is 4.19. The molecule has 1 aromatic heterocycles. The predicted molar refractivity (Wildman–Crippen MR) is 80.3 cm³/mol. The quantitative estimate of drug-likeness (QED) is 0.926. The lowest BCUT2D eigenvalue weighted by atomic mass is 9.71. The zero-order chi connectivity index (χ0) is 14.0. The van der Waals surface area contributed by atoms with E-state index in [0.29, 0.717) is 6.04 Å². The average molecular weight is 267 g/mol. The molecule has 1 aromatic carbocycles. The Morgan fingerprint density at radius 1 is 1.20 bits per heavy atom. The maximum absolute atomic E-state index is 4.14. The van der Waals surface area contributed by atoms with Crippen LogP contribution in [0, 0.1) is 0 Å². The molecule has 1 aliphatic carbocycles. The number of fused-ring (bicyclic) bond motifs is 1. The van der Waals surface area contributed by atoms with Crippen LogP contribution in [0.1, 0.15) is 49.6 Å². The van der Waals surface area contributed by atoms with Crippen LogP contribution in [0.3, 0.4) is 0 Å². The van der Waals surface area contributed by atoms with E-state index in [1.807, 2.05) is 12.1 Å². The topological polar surface area (TPSA) is 37.8 Å². The summed E-state index contributed by atoms with van der Waals surface area (Å²) >= 11 is 0. The number of aromatic nitrogens is 2. The highest BCUT2D eigenvalue weighted by atomic mass is 15.1. The molecule has 1 atom stereocenters. The van der Waals surface area contributed by atoms with Crippen LogP contribution in [0.2, 0.25) is 0 Å². The molecule has 0 saturated heterocycles. The predicted octanol–water partition coefficient (Wildman–Crippen LogP) is 3.38. The fourth-order valence-corrected chi connectivity index (χ4v) is 3.08. The molecule has 3 nitrogen and oxygen atoms in total. The molecule has 0 fully saturated rings. The highest BCUT2D eigenvalue weighted by Gasteiger charge is 2.31. The first kappa shape index (κ1) is 13.3. The summed E-state index contributed by atoms with van der Waals surface area (Å²) in [6, 6.07) is 13.2. The van der Waals surface area contributed by atoms with Gasteiger partial charge in [-0.25, -0.2) is 0 Å². The van der Waals surface area contributed by atoms with Gasteiger partial charge in [0.15, 0.2) is 0 Å². The van der Waals surface area contributed by atoms with Crippen molar-refractivity contribution in [3.63, 3.8) is 0 Å². The lowest BCUT2D eigenvalue weighted by Gasteiger charge is -2.37. The molecule has 0 saturated carbocycles. The van der Waals surface area contributed by atoms with Crippen molar-refractivity contribution < 1.29 is 0 Å². The largest absolute Gasteiger partial charge is 0.304 e. The Kier molecular flexibility index (Phi) is 3.53. The molecule has 1 heterocycles. The Hall–Kier alpha value is -1.74. The van der Waals surface area contributed by atoms with Crippen LogP contribution in [0.15, 0.2) is 42.6 Å². The minimum atomic E-state index is 0.279. The second-order valence-corrected chi connectivity index (χ2v) is 6.16. The van der Waals surface area contributed by atoms with Crippen molar-refractivity contribution in [2.45, 2.75) is 44.7 Å². The van der Waals surface area contributed by atoms with Crippen molar-refractivity contribution >= 4 is 0 Å². The van der Waals surface area contributed by atoms with E-state index in [0.717, 1.165) is 12.2 Å². The van der Waals surface area contributed by atoms with Crippen molar-refractivity contribution in [2.24, 2.45) is 0 Å². The Labute approximate surface area is 120 Å². The van der Waals surface area contributed by atoms with E-state index in [2.05, 4.69) is 53.6 Å². The van der Waals surface area contributed by atoms with E-state index in [-0.39, 0.29) is 5.41 Å². The molecular weight excluding hydrogens is 246 g/mol. The molecule has 0 bridgehead atoms. The summed E-state index contributed by atoms with van der Waals surface area (Å²) < 4.78 is 0. The second kappa shape index (κ2) is 5.33. The van der Waals surface area contributed by atoms with Crippen molar-refractivity contribution in [1.82, 2.24) is 15.5 Å². The first-order valence-electron chi connectivity index (χ1n) is 7.26. The summed E-state index contributed by atoms with van der Waals surface area (Å²) in [5.74, 6) is 0. The van der Waals surface area contributed by atoms with Gasteiger partial charge in [-0.3, -0.25) is 0 Å². The Morgan fingerprint density at radius 2 is 2.05 bits per heavy atom. The molecule has 104 valence electrons. The van der Waals surface area contributed by atoms with Crippen molar-refractivity contribution in [3.8, 4) is 0 Å². The first-order valence-corrected chi connectivity index (χ1v) is 7.26. The van der Waals surface area contributed by atoms with Gasteiger partial charge in [0.1, 0.15) is 0 Å². The van der Waals surface area contributed by atoms with E-state index in [9.17, 15) is 0 Å². The van der Waals surface area contributed by atoms with Gasteiger partial charge in [-0.1, -0.05) is 38.1 Å². The number of hydrogen-bond acceptors (Lipinski definition) is 3. The zero-order valence-electron chi connectivity index (χ0n) is 12.1. The standard InChI is InChI=1S/C17H21N3/c1-17(2)10-9-16(14-7-3-4-8-15(14)17)18-12-13-6-5-11-19-20-13/h3-8,11,16,18H,9-10,12H2,1-2H3. The molecule has 1 aliphatic rings. The van der Waals surface area contributed by atoms with Crippen LogP contribution in [-0.2, 0) is 12.0 Å². The number of benzene rings is 1. The lowest BCUT2D eigenvalue weighted by Crippen LogP contribution is -2.32. The molecule has 0 radical (unpaired) electrons. The van der Waals surface area contributed by atoms with Crippen LogP contribution in [0.5, 0.6) is 0 Å². The van der Waals surface area contributed by atoms with E-state index >= 15 is 0 Å². The van der Waals surface area contributed by atoms with Gasteiger partial charge in [0.05, 0.1) is 5.69 Å². The van der Waals surface area contributed by atoms with Gasteiger partial charge in [0.2, 0.25) is 0 Å².